The zero-order valence-electron chi connectivity index (χ0n) is 7.34. The Bertz CT molecular complexity index is 238. The summed E-state index contributed by atoms with van der Waals surface area (Å²) in [5, 5.41) is 8.80. The summed E-state index contributed by atoms with van der Waals surface area (Å²) >= 11 is 0. The van der Waals surface area contributed by atoms with E-state index in [9.17, 15) is 4.79 Å². The molecule has 1 rings (SSSR count). The van der Waals surface area contributed by atoms with E-state index in [4.69, 9.17) is 5.11 Å². The Balaban J connectivity index is 2.71. The van der Waals surface area contributed by atoms with Gasteiger partial charge < -0.3 is 5.11 Å². The molecule has 2 nitrogen and oxygen atoms in total. The number of aliphatic hydroxyl groups excluding tert-OH is 1. The van der Waals surface area contributed by atoms with Crippen molar-refractivity contribution in [3.63, 3.8) is 0 Å². The van der Waals surface area contributed by atoms with E-state index in [0.717, 1.165) is 18.4 Å². The van der Waals surface area contributed by atoms with E-state index in [0.29, 0.717) is 5.57 Å². The molecule has 66 valence electrons. The van der Waals surface area contributed by atoms with Crippen LogP contribution in [-0.4, -0.2) is 17.5 Å². The smallest absolute Gasteiger partial charge is 0.162 e. The quantitative estimate of drug-likeness (QED) is 0.630. The van der Waals surface area contributed by atoms with Crippen LogP contribution < -0.4 is 0 Å². The molecule has 2 heteroatoms. The first-order chi connectivity index (χ1) is 5.65. The van der Waals surface area contributed by atoms with Crippen LogP contribution in [0.5, 0.6) is 0 Å². The summed E-state index contributed by atoms with van der Waals surface area (Å²) in [7, 11) is 0. The molecule has 0 radical (unpaired) electrons. The minimum absolute atomic E-state index is 0.0801. The monoisotopic (exact) mass is 166 g/mol. The highest BCUT2D eigenvalue weighted by Gasteiger charge is 2.22. The van der Waals surface area contributed by atoms with Crippen LogP contribution in [0.1, 0.15) is 19.8 Å². The van der Waals surface area contributed by atoms with Gasteiger partial charge in [-0.2, -0.15) is 0 Å². The molecule has 0 aromatic rings. The number of aliphatic hydroxyl groups is 1. The van der Waals surface area contributed by atoms with Crippen LogP contribution in [0, 0.1) is 5.92 Å². The van der Waals surface area contributed by atoms with Crippen molar-refractivity contribution in [3.8, 4) is 0 Å². The lowest BCUT2D eigenvalue weighted by molar-refractivity contribution is -0.117. The predicted molar refractivity (Wildman–Crippen MR) is 47.7 cm³/mol. The van der Waals surface area contributed by atoms with Crippen molar-refractivity contribution in [1.82, 2.24) is 0 Å². The maximum Gasteiger partial charge on any atom is 0.162 e. The molecule has 1 atom stereocenters. The number of carbonyl (C=O) groups excluding carboxylic acids is 1. The summed E-state index contributed by atoms with van der Waals surface area (Å²) in [6, 6.07) is 0. The molecule has 1 aliphatic carbocycles. The van der Waals surface area contributed by atoms with Gasteiger partial charge in [0, 0.05) is 5.92 Å². The van der Waals surface area contributed by atoms with Crippen LogP contribution >= 0.6 is 0 Å². The number of carbonyl (C=O) groups is 1. The third-order valence-corrected chi connectivity index (χ3v) is 2.26. The molecule has 0 unspecified atom stereocenters. The van der Waals surface area contributed by atoms with E-state index < -0.39 is 0 Å². The molecule has 0 heterocycles. The van der Waals surface area contributed by atoms with Crippen molar-refractivity contribution in [2.45, 2.75) is 19.8 Å². The summed E-state index contributed by atoms with van der Waals surface area (Å²) in [4.78, 5) is 11.4. The molecular weight excluding hydrogens is 152 g/mol. The first-order valence-corrected chi connectivity index (χ1v) is 4.14. The standard InChI is InChI=1S/C10H14O2/c1-7-3-4-9(8(2)6-11)10(12)5-7/h5,9,11H,2-4,6H2,1H3/t9-/m0/s1. The van der Waals surface area contributed by atoms with Gasteiger partial charge in [0.05, 0.1) is 6.61 Å². The lowest BCUT2D eigenvalue weighted by Crippen LogP contribution is -2.20. The largest absolute Gasteiger partial charge is 0.392 e. The Hall–Kier alpha value is -0.890. The minimum Gasteiger partial charge on any atom is -0.392 e. The van der Waals surface area contributed by atoms with E-state index in [1.807, 2.05) is 6.92 Å². The molecule has 1 aliphatic rings. The molecule has 0 spiro atoms. The third kappa shape index (κ3) is 1.83. The van der Waals surface area contributed by atoms with Crippen molar-refractivity contribution in [2.75, 3.05) is 6.61 Å². The summed E-state index contributed by atoms with van der Waals surface area (Å²) in [6.07, 6.45) is 3.41. The summed E-state index contributed by atoms with van der Waals surface area (Å²) < 4.78 is 0. The van der Waals surface area contributed by atoms with Gasteiger partial charge in [-0.15, -0.1) is 0 Å². The summed E-state index contributed by atoms with van der Waals surface area (Å²) in [6.45, 7) is 5.55. The molecule has 1 N–H and O–H groups in total. The predicted octanol–water partition coefficient (Wildman–Crippen LogP) is 1.46. The van der Waals surface area contributed by atoms with Crippen LogP contribution in [0.15, 0.2) is 23.8 Å². The molecule has 12 heavy (non-hydrogen) atoms. The van der Waals surface area contributed by atoms with Gasteiger partial charge >= 0.3 is 0 Å². The van der Waals surface area contributed by atoms with E-state index in [-0.39, 0.29) is 18.3 Å². The van der Waals surface area contributed by atoms with Gasteiger partial charge in [-0.05, 0) is 31.4 Å². The molecular formula is C10H14O2. The second kappa shape index (κ2) is 3.68. The molecule has 0 fully saturated rings. The summed E-state index contributed by atoms with van der Waals surface area (Å²) in [5.74, 6) is -0.0449. The fourth-order valence-corrected chi connectivity index (χ4v) is 1.45. The van der Waals surface area contributed by atoms with Crippen molar-refractivity contribution in [3.05, 3.63) is 23.8 Å². The minimum atomic E-state index is -0.140. The Kier molecular flexibility index (Phi) is 2.82. The van der Waals surface area contributed by atoms with Crippen molar-refractivity contribution < 1.29 is 9.90 Å². The SMILES string of the molecule is C=C(CO)[C@@H]1CCC(C)=CC1=O. The lowest BCUT2D eigenvalue weighted by atomic mass is 9.85. The van der Waals surface area contributed by atoms with Crippen molar-refractivity contribution in [2.24, 2.45) is 5.92 Å². The fraction of sp³-hybridized carbons (Fsp3) is 0.500. The number of rotatable bonds is 2. The van der Waals surface area contributed by atoms with Gasteiger partial charge in [-0.3, -0.25) is 4.79 Å². The maximum absolute atomic E-state index is 11.4. The third-order valence-electron chi connectivity index (χ3n) is 2.26. The van der Waals surface area contributed by atoms with Gasteiger partial charge in [0.1, 0.15) is 0 Å². The van der Waals surface area contributed by atoms with Gasteiger partial charge in [-0.1, -0.05) is 12.2 Å². The van der Waals surface area contributed by atoms with Gasteiger partial charge in [-0.25, -0.2) is 0 Å². The molecule has 0 bridgehead atoms. The van der Waals surface area contributed by atoms with Crippen molar-refractivity contribution in [1.29, 1.82) is 0 Å². The average Bonchev–Trinajstić information content (AvgIpc) is 2.03. The number of hydrogen-bond donors (Lipinski definition) is 1. The zero-order valence-corrected chi connectivity index (χ0v) is 7.34. The van der Waals surface area contributed by atoms with Crippen LogP contribution in [0.25, 0.3) is 0 Å². The average molecular weight is 166 g/mol. The Morgan fingerprint density at radius 2 is 2.50 bits per heavy atom. The Morgan fingerprint density at radius 3 is 3.00 bits per heavy atom. The maximum atomic E-state index is 11.4. The second-order valence-corrected chi connectivity index (χ2v) is 3.30. The van der Waals surface area contributed by atoms with E-state index in [1.165, 1.54) is 0 Å². The van der Waals surface area contributed by atoms with Crippen LogP contribution in [0.3, 0.4) is 0 Å². The Labute approximate surface area is 72.6 Å². The molecule has 0 saturated heterocycles. The van der Waals surface area contributed by atoms with Crippen LogP contribution in [0.2, 0.25) is 0 Å². The van der Waals surface area contributed by atoms with Gasteiger partial charge in [0.15, 0.2) is 5.78 Å². The molecule has 0 aromatic heterocycles. The zero-order chi connectivity index (χ0) is 9.14. The highest BCUT2D eigenvalue weighted by atomic mass is 16.3. The first-order valence-electron chi connectivity index (χ1n) is 4.14. The van der Waals surface area contributed by atoms with E-state index in [2.05, 4.69) is 6.58 Å². The van der Waals surface area contributed by atoms with Crippen LogP contribution in [-0.2, 0) is 4.79 Å². The highest BCUT2D eigenvalue weighted by molar-refractivity contribution is 5.95. The van der Waals surface area contributed by atoms with E-state index >= 15 is 0 Å². The van der Waals surface area contributed by atoms with Gasteiger partial charge in [0.2, 0.25) is 0 Å². The van der Waals surface area contributed by atoms with Crippen LogP contribution in [0.4, 0.5) is 0 Å². The molecule has 0 aromatic carbocycles. The lowest BCUT2D eigenvalue weighted by Gasteiger charge is -2.19. The summed E-state index contributed by atoms with van der Waals surface area (Å²) in [5.41, 5.74) is 1.77. The molecule has 0 amide bonds. The number of hydrogen-bond acceptors (Lipinski definition) is 2. The van der Waals surface area contributed by atoms with E-state index in [1.54, 1.807) is 6.08 Å². The highest BCUT2D eigenvalue weighted by Crippen LogP contribution is 2.25. The second-order valence-electron chi connectivity index (χ2n) is 3.30. The first kappa shape index (κ1) is 9.20. The normalized spacial score (nSPS) is 23.7. The molecule has 0 saturated carbocycles. The topological polar surface area (TPSA) is 37.3 Å². The molecule has 0 aliphatic heterocycles. The van der Waals surface area contributed by atoms with Gasteiger partial charge in [0.25, 0.3) is 0 Å². The van der Waals surface area contributed by atoms with Crippen molar-refractivity contribution >= 4 is 5.78 Å². The number of allylic oxidation sites excluding steroid dienone is 2. The number of ketones is 1. The fourth-order valence-electron chi connectivity index (χ4n) is 1.45. The Morgan fingerprint density at radius 1 is 1.83 bits per heavy atom.